The topological polar surface area (TPSA) is 26.0 Å². The summed E-state index contributed by atoms with van der Waals surface area (Å²) in [5.74, 6) is 0. The van der Waals surface area contributed by atoms with Gasteiger partial charge in [0.05, 0.1) is 6.04 Å². The van der Waals surface area contributed by atoms with Crippen molar-refractivity contribution in [1.82, 2.24) is 0 Å². The second kappa shape index (κ2) is 5.21. The van der Waals surface area contributed by atoms with Gasteiger partial charge in [0, 0.05) is 9.50 Å². The van der Waals surface area contributed by atoms with Gasteiger partial charge in [-0.2, -0.15) is 0 Å². The highest BCUT2D eigenvalue weighted by atomic mass is 79.9. The van der Waals surface area contributed by atoms with E-state index in [4.69, 9.17) is 17.3 Å². The summed E-state index contributed by atoms with van der Waals surface area (Å²) in [6.45, 7) is 2.06. The molecular weight excluding hydrogens is 298 g/mol. The van der Waals surface area contributed by atoms with E-state index < -0.39 is 0 Å². The quantitative estimate of drug-likeness (QED) is 0.871. The predicted octanol–water partition coefficient (Wildman–Crippen LogP) is 4.46. The van der Waals surface area contributed by atoms with Gasteiger partial charge in [0.25, 0.3) is 0 Å². The smallest absolute Gasteiger partial charge is 0.0562 e. The Morgan fingerprint density at radius 2 is 1.76 bits per heavy atom. The Labute approximate surface area is 115 Å². The van der Waals surface area contributed by atoms with Crippen molar-refractivity contribution in [2.45, 2.75) is 13.0 Å². The Bertz CT molecular complexity index is 522. The fourth-order valence-corrected chi connectivity index (χ4v) is 2.60. The Balaban J connectivity index is 2.36. The fraction of sp³-hybridized carbons (Fsp3) is 0.143. The molecule has 17 heavy (non-hydrogen) atoms. The highest BCUT2D eigenvalue weighted by Crippen LogP contribution is 2.28. The van der Waals surface area contributed by atoms with Gasteiger partial charge in [-0.05, 0) is 41.8 Å². The van der Waals surface area contributed by atoms with Crippen LogP contribution in [-0.2, 0) is 0 Å². The van der Waals surface area contributed by atoms with Crippen molar-refractivity contribution >= 4 is 27.5 Å². The van der Waals surface area contributed by atoms with Gasteiger partial charge in [0.1, 0.15) is 0 Å². The molecule has 0 saturated carbocycles. The van der Waals surface area contributed by atoms with E-state index in [1.807, 2.05) is 24.3 Å². The number of halogens is 2. The predicted molar refractivity (Wildman–Crippen MR) is 76.4 cm³/mol. The van der Waals surface area contributed by atoms with Crippen LogP contribution in [0.2, 0.25) is 5.02 Å². The summed E-state index contributed by atoms with van der Waals surface area (Å²) in [6, 6.07) is 13.7. The molecule has 0 saturated heterocycles. The molecule has 0 aromatic heterocycles. The van der Waals surface area contributed by atoms with E-state index in [-0.39, 0.29) is 6.04 Å². The lowest BCUT2D eigenvalue weighted by atomic mass is 9.99. The molecule has 2 rings (SSSR count). The van der Waals surface area contributed by atoms with E-state index in [2.05, 4.69) is 41.1 Å². The first kappa shape index (κ1) is 12.6. The molecule has 0 fully saturated rings. The van der Waals surface area contributed by atoms with Crippen LogP contribution in [0.25, 0.3) is 0 Å². The number of aryl methyl sites for hydroxylation is 1. The summed E-state index contributed by atoms with van der Waals surface area (Å²) in [6.07, 6.45) is 0. The maximum atomic E-state index is 6.24. The molecule has 88 valence electrons. The largest absolute Gasteiger partial charge is 0.320 e. The van der Waals surface area contributed by atoms with Crippen LogP contribution in [0, 0.1) is 6.92 Å². The summed E-state index contributed by atoms with van der Waals surface area (Å²) in [5, 5.41) is 0.726. The summed E-state index contributed by atoms with van der Waals surface area (Å²) in [7, 11) is 0. The van der Waals surface area contributed by atoms with E-state index in [1.54, 1.807) is 0 Å². The second-order valence-electron chi connectivity index (χ2n) is 4.05. The highest BCUT2D eigenvalue weighted by Gasteiger charge is 2.11. The van der Waals surface area contributed by atoms with E-state index in [0.29, 0.717) is 0 Å². The molecule has 1 atom stereocenters. The van der Waals surface area contributed by atoms with Crippen LogP contribution in [0.4, 0.5) is 0 Å². The molecule has 0 radical (unpaired) electrons. The Morgan fingerprint density at radius 3 is 2.35 bits per heavy atom. The van der Waals surface area contributed by atoms with Crippen LogP contribution < -0.4 is 5.73 Å². The van der Waals surface area contributed by atoms with Gasteiger partial charge in [-0.15, -0.1) is 0 Å². The Kier molecular flexibility index (Phi) is 3.87. The summed E-state index contributed by atoms with van der Waals surface area (Å²) in [5.41, 5.74) is 9.59. The lowest BCUT2D eigenvalue weighted by Gasteiger charge is -2.15. The number of benzene rings is 2. The van der Waals surface area contributed by atoms with Gasteiger partial charge in [0.2, 0.25) is 0 Å². The van der Waals surface area contributed by atoms with Gasteiger partial charge < -0.3 is 5.73 Å². The van der Waals surface area contributed by atoms with Crippen molar-refractivity contribution in [3.8, 4) is 0 Å². The normalized spacial score (nSPS) is 12.5. The van der Waals surface area contributed by atoms with Gasteiger partial charge in [-0.1, -0.05) is 51.8 Å². The maximum Gasteiger partial charge on any atom is 0.0562 e. The van der Waals surface area contributed by atoms with Gasteiger partial charge in [0.15, 0.2) is 0 Å². The number of rotatable bonds is 2. The van der Waals surface area contributed by atoms with Crippen LogP contribution in [0.5, 0.6) is 0 Å². The van der Waals surface area contributed by atoms with E-state index >= 15 is 0 Å². The van der Waals surface area contributed by atoms with Crippen molar-refractivity contribution in [3.63, 3.8) is 0 Å². The van der Waals surface area contributed by atoms with Gasteiger partial charge in [-0.3, -0.25) is 0 Å². The zero-order valence-electron chi connectivity index (χ0n) is 9.45. The van der Waals surface area contributed by atoms with Gasteiger partial charge >= 0.3 is 0 Å². The fourth-order valence-electron chi connectivity index (χ4n) is 1.73. The minimum atomic E-state index is -0.137. The standard InChI is InChI=1S/C14H13BrClN/c1-9-2-7-12(13(15)8-9)14(17)10-3-5-11(16)6-4-10/h2-8,14H,17H2,1H3. The molecule has 2 aromatic carbocycles. The zero-order chi connectivity index (χ0) is 12.4. The third-order valence-corrected chi connectivity index (χ3v) is 3.66. The molecule has 1 unspecified atom stereocenters. The van der Waals surface area contributed by atoms with Crippen LogP contribution >= 0.6 is 27.5 Å². The average Bonchev–Trinajstić information content (AvgIpc) is 2.29. The molecule has 0 aliphatic rings. The Hall–Kier alpha value is -0.830. The molecule has 1 nitrogen and oxygen atoms in total. The minimum Gasteiger partial charge on any atom is -0.320 e. The molecule has 2 N–H and O–H groups in total. The van der Waals surface area contributed by atoms with Crippen molar-refractivity contribution in [1.29, 1.82) is 0 Å². The molecule has 0 aliphatic carbocycles. The van der Waals surface area contributed by atoms with Crippen molar-refractivity contribution in [3.05, 3.63) is 68.7 Å². The average molecular weight is 311 g/mol. The Morgan fingerprint density at radius 1 is 1.12 bits per heavy atom. The summed E-state index contributed by atoms with van der Waals surface area (Å²) in [4.78, 5) is 0. The molecule has 0 aliphatic heterocycles. The third-order valence-electron chi connectivity index (χ3n) is 2.72. The van der Waals surface area contributed by atoms with E-state index in [1.165, 1.54) is 5.56 Å². The number of nitrogens with two attached hydrogens (primary N) is 1. The molecule has 2 aromatic rings. The van der Waals surface area contributed by atoms with Crippen LogP contribution in [0.15, 0.2) is 46.9 Å². The molecule has 0 heterocycles. The maximum absolute atomic E-state index is 6.24. The monoisotopic (exact) mass is 309 g/mol. The van der Waals surface area contributed by atoms with Crippen LogP contribution in [0.1, 0.15) is 22.7 Å². The summed E-state index contributed by atoms with van der Waals surface area (Å²) >= 11 is 9.42. The molecule has 0 bridgehead atoms. The minimum absolute atomic E-state index is 0.137. The molecule has 0 spiro atoms. The molecule has 3 heteroatoms. The van der Waals surface area contributed by atoms with Crippen LogP contribution in [-0.4, -0.2) is 0 Å². The number of hydrogen-bond acceptors (Lipinski definition) is 1. The molecule has 0 amide bonds. The SMILES string of the molecule is Cc1ccc(C(N)c2ccc(Cl)cc2)c(Br)c1. The van der Waals surface area contributed by atoms with Crippen LogP contribution in [0.3, 0.4) is 0 Å². The van der Waals surface area contributed by atoms with Crippen molar-refractivity contribution in [2.75, 3.05) is 0 Å². The van der Waals surface area contributed by atoms with E-state index in [9.17, 15) is 0 Å². The highest BCUT2D eigenvalue weighted by molar-refractivity contribution is 9.10. The first-order chi connectivity index (χ1) is 8.08. The van der Waals surface area contributed by atoms with E-state index in [0.717, 1.165) is 20.6 Å². The molecular formula is C14H13BrClN. The first-order valence-electron chi connectivity index (χ1n) is 5.35. The summed E-state index contributed by atoms with van der Waals surface area (Å²) < 4.78 is 1.04. The van der Waals surface area contributed by atoms with Crippen molar-refractivity contribution in [2.24, 2.45) is 5.73 Å². The first-order valence-corrected chi connectivity index (χ1v) is 6.52. The van der Waals surface area contributed by atoms with Gasteiger partial charge in [-0.25, -0.2) is 0 Å². The lowest BCUT2D eigenvalue weighted by molar-refractivity contribution is 0.865. The second-order valence-corrected chi connectivity index (χ2v) is 5.34. The zero-order valence-corrected chi connectivity index (χ0v) is 11.8. The van der Waals surface area contributed by atoms with Crippen molar-refractivity contribution < 1.29 is 0 Å². The number of hydrogen-bond donors (Lipinski definition) is 1. The lowest BCUT2D eigenvalue weighted by Crippen LogP contribution is -2.12. The third kappa shape index (κ3) is 2.89.